The Kier molecular flexibility index (Phi) is 4.92. The maximum atomic E-state index is 14.2. The van der Waals surface area contributed by atoms with Gasteiger partial charge in [0.1, 0.15) is 11.8 Å². The first-order valence-electron chi connectivity index (χ1n) is 9.97. The second kappa shape index (κ2) is 6.78. The van der Waals surface area contributed by atoms with Gasteiger partial charge in [-0.15, -0.1) is 13.2 Å². The van der Waals surface area contributed by atoms with Crippen LogP contribution in [0.1, 0.15) is 46.0 Å². The van der Waals surface area contributed by atoms with Gasteiger partial charge in [-0.05, 0) is 51.4 Å². The van der Waals surface area contributed by atoms with Crippen LogP contribution < -0.4 is 16.0 Å². The van der Waals surface area contributed by atoms with Crippen LogP contribution >= 0.6 is 0 Å². The summed E-state index contributed by atoms with van der Waals surface area (Å²) in [6, 6.07) is -0.946. The van der Waals surface area contributed by atoms with E-state index in [0.717, 1.165) is 12.8 Å². The molecule has 10 heteroatoms. The Morgan fingerprint density at radius 1 is 1.29 bits per heavy atom. The number of amides is 1. The predicted octanol–water partition coefficient (Wildman–Crippen LogP) is 1.62. The molecule has 2 bridgehead atoms. The second-order valence-corrected chi connectivity index (χ2v) is 9.01. The minimum Gasteiger partial charge on any atom is -0.333 e. The highest BCUT2D eigenvalue weighted by atomic mass is 19.4. The lowest BCUT2D eigenvalue weighted by Crippen LogP contribution is -2.68. The Morgan fingerprint density at radius 2 is 2.00 bits per heavy atom. The first-order chi connectivity index (χ1) is 13.0. The molecule has 0 spiro atoms. The summed E-state index contributed by atoms with van der Waals surface area (Å²) in [5.41, 5.74) is -0.945. The molecule has 2 heterocycles. The van der Waals surface area contributed by atoms with Crippen LogP contribution in [0.4, 0.5) is 17.6 Å². The molecule has 2 unspecified atom stereocenters. The van der Waals surface area contributed by atoms with Crippen molar-refractivity contribution >= 4 is 5.91 Å². The topological polar surface area (TPSA) is 65.6 Å². The van der Waals surface area contributed by atoms with Crippen LogP contribution in [0.25, 0.3) is 0 Å². The minimum atomic E-state index is -4.69. The van der Waals surface area contributed by atoms with Crippen LogP contribution in [-0.4, -0.2) is 66.4 Å². The van der Waals surface area contributed by atoms with Gasteiger partial charge in [-0.2, -0.15) is 0 Å². The number of hydrogen-bond acceptors (Lipinski definition) is 5. The molecule has 2 aliphatic heterocycles. The van der Waals surface area contributed by atoms with E-state index >= 15 is 0 Å². The van der Waals surface area contributed by atoms with E-state index < -0.39 is 30.2 Å². The van der Waals surface area contributed by atoms with Crippen LogP contribution in [-0.2, 0) is 9.53 Å². The van der Waals surface area contributed by atoms with Gasteiger partial charge in [-0.1, -0.05) is 0 Å². The molecule has 6 nitrogen and oxygen atoms in total. The Labute approximate surface area is 161 Å². The number of hydrogen-bond donors (Lipinski definition) is 3. The first-order valence-corrected chi connectivity index (χ1v) is 9.97. The molecule has 3 N–H and O–H groups in total. The monoisotopic (exact) mass is 408 g/mol. The van der Waals surface area contributed by atoms with E-state index in [0.29, 0.717) is 25.9 Å². The SMILES string of the molecule is C[C@@H](NC1CC(C23CCC(F)(C2)C3)NCN1)C(=O)N1C[C@H](OC(F)(F)F)[C@@H]1C. The third-order valence-corrected chi connectivity index (χ3v) is 7.11. The van der Waals surface area contributed by atoms with Gasteiger partial charge in [0.2, 0.25) is 5.91 Å². The second-order valence-electron chi connectivity index (χ2n) is 9.01. The fraction of sp³-hybridized carbons (Fsp3) is 0.944. The normalized spacial score (nSPS) is 44.0. The average Bonchev–Trinajstić information content (AvgIpc) is 3.11. The highest BCUT2D eigenvalue weighted by Gasteiger charge is 2.64. The lowest BCUT2D eigenvalue weighted by molar-refractivity contribution is -0.359. The number of ether oxygens (including phenoxy) is 1. The van der Waals surface area contributed by atoms with Crippen LogP contribution in [0, 0.1) is 5.41 Å². The van der Waals surface area contributed by atoms with Crippen LogP contribution in [0.2, 0.25) is 0 Å². The standard InChI is InChI=1S/C18H28F4N4O2/c1-10(15(27)26-6-12(11(26)2)28-18(20,21)22)25-14-5-13(23-9-24-14)16-3-4-17(19,7-16)8-16/h10-14,23-25H,3-9H2,1-2H3/t10-,11+,12+,13?,14?,16?,17?/m1/s1. The quantitative estimate of drug-likeness (QED) is 0.604. The van der Waals surface area contributed by atoms with Gasteiger partial charge in [-0.3, -0.25) is 20.2 Å². The Balaban J connectivity index is 1.27. The number of halogens is 4. The highest BCUT2D eigenvalue weighted by Crippen LogP contribution is 2.65. The van der Waals surface area contributed by atoms with Gasteiger partial charge in [0.15, 0.2) is 0 Å². The summed E-state index contributed by atoms with van der Waals surface area (Å²) in [4.78, 5) is 14.0. The van der Waals surface area contributed by atoms with E-state index in [2.05, 4.69) is 20.7 Å². The molecular formula is C18H28F4N4O2. The largest absolute Gasteiger partial charge is 0.522 e. The lowest BCUT2D eigenvalue weighted by Gasteiger charge is -2.51. The van der Waals surface area contributed by atoms with Gasteiger partial charge >= 0.3 is 6.36 Å². The van der Waals surface area contributed by atoms with Crippen molar-refractivity contribution in [1.29, 1.82) is 0 Å². The molecule has 0 aromatic carbocycles. The minimum absolute atomic E-state index is 0.0260. The van der Waals surface area contributed by atoms with Gasteiger partial charge in [0.25, 0.3) is 0 Å². The smallest absolute Gasteiger partial charge is 0.333 e. The number of rotatable bonds is 5. The summed E-state index contributed by atoms with van der Waals surface area (Å²) in [6.07, 6.45) is -2.30. The molecule has 0 aromatic rings. The van der Waals surface area contributed by atoms with Gasteiger partial charge in [-0.25, -0.2) is 4.39 Å². The summed E-state index contributed by atoms with van der Waals surface area (Å²) >= 11 is 0. The number of likely N-dealkylation sites (tertiary alicyclic amines) is 1. The van der Waals surface area contributed by atoms with Crippen molar-refractivity contribution in [1.82, 2.24) is 20.9 Å². The number of alkyl halides is 4. The number of fused-ring (bicyclic) bond motifs is 1. The molecule has 5 rings (SSSR count). The fourth-order valence-electron chi connectivity index (χ4n) is 5.55. The Morgan fingerprint density at radius 3 is 2.57 bits per heavy atom. The van der Waals surface area contributed by atoms with E-state index in [-0.39, 0.29) is 30.1 Å². The van der Waals surface area contributed by atoms with Gasteiger partial charge in [0, 0.05) is 19.3 Å². The zero-order valence-electron chi connectivity index (χ0n) is 16.1. The molecule has 1 amide bonds. The molecule has 0 radical (unpaired) electrons. The van der Waals surface area contributed by atoms with E-state index in [1.807, 2.05) is 0 Å². The molecule has 0 aromatic heterocycles. The van der Waals surface area contributed by atoms with Crippen molar-refractivity contribution in [3.63, 3.8) is 0 Å². The third-order valence-electron chi connectivity index (χ3n) is 7.11. The zero-order valence-corrected chi connectivity index (χ0v) is 16.1. The maximum absolute atomic E-state index is 14.2. The van der Waals surface area contributed by atoms with Crippen LogP contribution in [0.5, 0.6) is 0 Å². The summed E-state index contributed by atoms with van der Waals surface area (Å²) < 4.78 is 55.3. The van der Waals surface area contributed by atoms with E-state index in [1.54, 1.807) is 13.8 Å². The van der Waals surface area contributed by atoms with E-state index in [4.69, 9.17) is 0 Å². The summed E-state index contributed by atoms with van der Waals surface area (Å²) in [5.74, 6) is -0.239. The van der Waals surface area contributed by atoms with Crippen molar-refractivity contribution in [3.05, 3.63) is 0 Å². The lowest BCUT2D eigenvalue weighted by atomic mass is 9.62. The van der Waals surface area contributed by atoms with E-state index in [1.165, 1.54) is 4.90 Å². The molecule has 28 heavy (non-hydrogen) atoms. The van der Waals surface area contributed by atoms with Gasteiger partial charge in [0.05, 0.1) is 18.2 Å². The average molecular weight is 408 g/mol. The Bertz CT molecular complexity index is 625. The van der Waals surface area contributed by atoms with Crippen molar-refractivity contribution in [3.8, 4) is 0 Å². The number of nitrogens with one attached hydrogen (secondary N) is 3. The van der Waals surface area contributed by atoms with Crippen molar-refractivity contribution < 1.29 is 27.1 Å². The summed E-state index contributed by atoms with van der Waals surface area (Å²) in [5, 5.41) is 9.95. The number of carbonyl (C=O) groups excluding carboxylic acids is 1. The molecule has 5 aliphatic rings. The molecule has 160 valence electrons. The molecule has 3 aliphatic carbocycles. The summed E-state index contributed by atoms with van der Waals surface area (Å²) in [6.45, 7) is 3.79. The van der Waals surface area contributed by atoms with Crippen molar-refractivity contribution in [2.75, 3.05) is 13.2 Å². The predicted molar refractivity (Wildman–Crippen MR) is 92.8 cm³/mol. The molecule has 5 fully saturated rings. The number of carbonyl (C=O) groups is 1. The highest BCUT2D eigenvalue weighted by molar-refractivity contribution is 5.82. The molecule has 2 saturated heterocycles. The van der Waals surface area contributed by atoms with E-state index in [9.17, 15) is 22.4 Å². The molecule has 5 atom stereocenters. The Hall–Kier alpha value is -0.970. The zero-order chi connectivity index (χ0) is 20.3. The molecule has 3 saturated carbocycles. The number of nitrogens with zero attached hydrogens (tertiary/aromatic N) is 1. The molecular weight excluding hydrogens is 380 g/mol. The van der Waals surface area contributed by atoms with Gasteiger partial charge < -0.3 is 10.2 Å². The van der Waals surface area contributed by atoms with Crippen LogP contribution in [0.3, 0.4) is 0 Å². The summed E-state index contributed by atoms with van der Waals surface area (Å²) in [7, 11) is 0. The van der Waals surface area contributed by atoms with Crippen LogP contribution in [0.15, 0.2) is 0 Å². The fourth-order valence-corrected chi connectivity index (χ4v) is 5.55. The van der Waals surface area contributed by atoms with Crippen molar-refractivity contribution in [2.24, 2.45) is 5.41 Å². The first kappa shape index (κ1) is 20.3. The third kappa shape index (κ3) is 3.64. The maximum Gasteiger partial charge on any atom is 0.522 e. The van der Waals surface area contributed by atoms with Crippen molar-refractivity contribution in [2.45, 2.75) is 88.4 Å².